The normalized spacial score (nSPS) is 17.6. The summed E-state index contributed by atoms with van der Waals surface area (Å²) < 4.78 is 23.7. The van der Waals surface area contributed by atoms with Crippen molar-refractivity contribution in [1.29, 1.82) is 0 Å². The molecule has 0 bridgehead atoms. The summed E-state index contributed by atoms with van der Waals surface area (Å²) in [5.74, 6) is 0.215. The number of nitrogens with one attached hydrogen (secondary N) is 1. The summed E-state index contributed by atoms with van der Waals surface area (Å²) in [5.41, 5.74) is 10.5. The fraction of sp³-hybridized carbons (Fsp3) is 0.367. The number of benzene rings is 2. The first kappa shape index (κ1) is 26.4. The first-order valence-corrected chi connectivity index (χ1v) is 13.9. The molecule has 5 aromatic rings. The van der Waals surface area contributed by atoms with Crippen LogP contribution < -0.4 is 11.1 Å². The number of hydrogen-bond donors (Lipinski definition) is 3. The molecule has 1 aliphatic carbocycles. The third-order valence-corrected chi connectivity index (χ3v) is 7.82. The first-order chi connectivity index (χ1) is 19.6. The number of hydrogen-bond acceptors (Lipinski definition) is 7. The zero-order valence-electron chi connectivity index (χ0n) is 22.3. The number of nitrogens with two attached hydrogens (primary N) is 1. The second-order valence-electron chi connectivity index (χ2n) is 10.4. The Labute approximate surface area is 231 Å². The molecule has 6 rings (SSSR count). The van der Waals surface area contributed by atoms with Gasteiger partial charge in [-0.3, -0.25) is 0 Å². The van der Waals surface area contributed by atoms with Crippen molar-refractivity contribution in [2.45, 2.75) is 44.3 Å². The van der Waals surface area contributed by atoms with Crippen LogP contribution in [0.1, 0.15) is 37.3 Å². The number of halogens is 1. The van der Waals surface area contributed by atoms with E-state index in [1.54, 1.807) is 6.07 Å². The van der Waals surface area contributed by atoms with Crippen LogP contribution in [0.3, 0.4) is 0 Å². The van der Waals surface area contributed by atoms with E-state index in [1.807, 2.05) is 35.1 Å². The minimum atomic E-state index is -0.203. The summed E-state index contributed by atoms with van der Waals surface area (Å²) in [7, 11) is 0. The molecular weight excluding hydrogens is 509 g/mol. The van der Waals surface area contributed by atoms with E-state index in [-0.39, 0.29) is 18.5 Å². The predicted molar refractivity (Wildman–Crippen MR) is 153 cm³/mol. The summed E-state index contributed by atoms with van der Waals surface area (Å²) in [6, 6.07) is 15.8. The minimum Gasteiger partial charge on any atom is -0.394 e. The third-order valence-electron chi connectivity index (χ3n) is 7.82. The van der Waals surface area contributed by atoms with Crippen LogP contribution in [0.15, 0.2) is 61.1 Å². The van der Waals surface area contributed by atoms with Gasteiger partial charge in [0.15, 0.2) is 5.65 Å². The van der Waals surface area contributed by atoms with Crippen molar-refractivity contribution in [3.05, 3.63) is 72.4 Å². The SMILES string of the molecule is Nc1ncnc2c1c(-c1ccc3c(ccn3Cc3ccccc3F)c1)nn2C1CCC(NCCOCCO)CC1. The predicted octanol–water partition coefficient (Wildman–Crippen LogP) is 4.30. The number of aliphatic hydroxyl groups is 1. The molecule has 1 fully saturated rings. The molecule has 4 N–H and O–H groups in total. The molecule has 0 aliphatic heterocycles. The molecule has 0 amide bonds. The van der Waals surface area contributed by atoms with Gasteiger partial charge in [0.1, 0.15) is 23.7 Å². The maximum absolute atomic E-state index is 14.3. The molecule has 0 unspecified atom stereocenters. The van der Waals surface area contributed by atoms with E-state index in [4.69, 9.17) is 20.7 Å². The molecule has 40 heavy (non-hydrogen) atoms. The summed E-state index contributed by atoms with van der Waals surface area (Å²) in [6.07, 6.45) is 7.51. The largest absolute Gasteiger partial charge is 0.394 e. The van der Waals surface area contributed by atoms with Gasteiger partial charge in [-0.25, -0.2) is 19.0 Å². The fourth-order valence-electron chi connectivity index (χ4n) is 5.77. The molecule has 3 heterocycles. The second-order valence-corrected chi connectivity index (χ2v) is 10.4. The summed E-state index contributed by atoms with van der Waals surface area (Å²) in [4.78, 5) is 8.88. The zero-order chi connectivity index (χ0) is 27.5. The highest BCUT2D eigenvalue weighted by Gasteiger charge is 2.27. The number of aliphatic hydroxyl groups excluding tert-OH is 1. The Morgan fingerprint density at radius 3 is 2.73 bits per heavy atom. The van der Waals surface area contributed by atoms with Crippen LogP contribution in [0.2, 0.25) is 0 Å². The molecule has 10 heteroatoms. The summed E-state index contributed by atoms with van der Waals surface area (Å²) in [5, 5.41) is 19.3. The van der Waals surface area contributed by atoms with E-state index >= 15 is 0 Å². The molecule has 0 atom stereocenters. The van der Waals surface area contributed by atoms with Gasteiger partial charge in [0.2, 0.25) is 0 Å². The Kier molecular flexibility index (Phi) is 7.72. The highest BCUT2D eigenvalue weighted by Crippen LogP contribution is 2.37. The Morgan fingerprint density at radius 1 is 1.05 bits per heavy atom. The van der Waals surface area contributed by atoms with Crippen LogP contribution >= 0.6 is 0 Å². The quantitative estimate of drug-likeness (QED) is 0.225. The van der Waals surface area contributed by atoms with Gasteiger partial charge in [-0.15, -0.1) is 0 Å². The lowest BCUT2D eigenvalue weighted by atomic mass is 9.91. The molecule has 2 aromatic carbocycles. The van der Waals surface area contributed by atoms with Crippen LogP contribution in [-0.2, 0) is 11.3 Å². The highest BCUT2D eigenvalue weighted by molar-refractivity contribution is 6.00. The number of ether oxygens (including phenoxy) is 1. The minimum absolute atomic E-state index is 0.0507. The average Bonchev–Trinajstić information content (AvgIpc) is 3.57. The van der Waals surface area contributed by atoms with Crippen molar-refractivity contribution in [1.82, 2.24) is 29.6 Å². The Balaban J connectivity index is 1.24. The van der Waals surface area contributed by atoms with Gasteiger partial charge in [-0.2, -0.15) is 5.10 Å². The lowest BCUT2D eigenvalue weighted by molar-refractivity contribution is 0.0913. The lowest BCUT2D eigenvalue weighted by Gasteiger charge is -2.29. The van der Waals surface area contributed by atoms with Gasteiger partial charge in [-0.05, 0) is 49.9 Å². The zero-order valence-corrected chi connectivity index (χ0v) is 22.3. The maximum Gasteiger partial charge on any atom is 0.164 e. The van der Waals surface area contributed by atoms with Crippen molar-refractivity contribution in [2.75, 3.05) is 32.1 Å². The van der Waals surface area contributed by atoms with Crippen molar-refractivity contribution in [2.24, 2.45) is 0 Å². The van der Waals surface area contributed by atoms with Crippen LogP contribution in [0.4, 0.5) is 10.2 Å². The standard InChI is InChI=1S/C30H34FN7O2/c31-25-4-2-1-3-22(25)18-37-13-11-20-17-21(5-10-26(20)37)28-27-29(32)34-19-35-30(27)38(36-28)24-8-6-23(7-9-24)33-12-15-40-16-14-39/h1-5,10-11,13,17,19,23-24,33,39H,6-9,12,14-16,18H2,(H2,32,34,35). The first-order valence-electron chi connectivity index (χ1n) is 13.9. The van der Waals surface area contributed by atoms with E-state index in [9.17, 15) is 4.39 Å². The molecule has 9 nitrogen and oxygen atoms in total. The number of fused-ring (bicyclic) bond motifs is 2. The van der Waals surface area contributed by atoms with E-state index in [1.165, 1.54) is 12.4 Å². The number of aromatic nitrogens is 5. The topological polar surface area (TPSA) is 116 Å². The lowest BCUT2D eigenvalue weighted by Crippen LogP contribution is -2.36. The molecule has 1 saturated carbocycles. The maximum atomic E-state index is 14.3. The summed E-state index contributed by atoms with van der Waals surface area (Å²) >= 11 is 0. The smallest absolute Gasteiger partial charge is 0.164 e. The molecule has 0 spiro atoms. The molecule has 0 saturated heterocycles. The van der Waals surface area contributed by atoms with Crippen LogP contribution in [0.25, 0.3) is 33.2 Å². The molecular formula is C30H34FN7O2. The van der Waals surface area contributed by atoms with Crippen LogP contribution in [0, 0.1) is 5.82 Å². The number of nitrogens with zero attached hydrogens (tertiary/aromatic N) is 5. The molecule has 0 radical (unpaired) electrons. The Bertz CT molecular complexity index is 1610. The Hall–Kier alpha value is -3.86. The van der Waals surface area contributed by atoms with Crippen LogP contribution in [0.5, 0.6) is 0 Å². The van der Waals surface area contributed by atoms with Crippen molar-refractivity contribution >= 4 is 27.8 Å². The van der Waals surface area contributed by atoms with E-state index in [0.29, 0.717) is 37.2 Å². The van der Waals surface area contributed by atoms with Gasteiger partial charge in [0, 0.05) is 40.8 Å². The number of nitrogen functional groups attached to an aromatic ring is 1. The monoisotopic (exact) mass is 543 g/mol. The van der Waals surface area contributed by atoms with Gasteiger partial charge in [0.25, 0.3) is 0 Å². The van der Waals surface area contributed by atoms with Crippen molar-refractivity contribution in [3.63, 3.8) is 0 Å². The Morgan fingerprint density at radius 2 is 1.90 bits per heavy atom. The highest BCUT2D eigenvalue weighted by atomic mass is 19.1. The molecule has 3 aromatic heterocycles. The van der Waals surface area contributed by atoms with Crippen LogP contribution in [-0.4, -0.2) is 61.8 Å². The average molecular weight is 544 g/mol. The van der Waals surface area contributed by atoms with Crippen molar-refractivity contribution in [3.8, 4) is 11.3 Å². The number of anilines is 1. The van der Waals surface area contributed by atoms with Gasteiger partial charge < -0.3 is 25.5 Å². The van der Waals surface area contributed by atoms with Gasteiger partial charge in [0.05, 0.1) is 37.8 Å². The molecule has 208 valence electrons. The molecule has 1 aliphatic rings. The number of rotatable bonds is 10. The van der Waals surface area contributed by atoms with E-state index in [0.717, 1.165) is 65.4 Å². The van der Waals surface area contributed by atoms with Gasteiger partial charge in [-0.1, -0.05) is 24.3 Å². The fourth-order valence-corrected chi connectivity index (χ4v) is 5.77. The van der Waals surface area contributed by atoms with Gasteiger partial charge >= 0.3 is 0 Å². The second kappa shape index (κ2) is 11.7. The third kappa shape index (κ3) is 5.30. The van der Waals surface area contributed by atoms with Crippen molar-refractivity contribution < 1.29 is 14.2 Å². The summed E-state index contributed by atoms with van der Waals surface area (Å²) in [6.45, 7) is 2.26. The van der Waals surface area contributed by atoms with E-state index < -0.39 is 0 Å². The van der Waals surface area contributed by atoms with E-state index in [2.05, 4.69) is 32.0 Å².